The molecular formula is C34H24Cl2N2O5. The summed E-state index contributed by atoms with van der Waals surface area (Å²) in [6.45, 7) is 0. The molecule has 2 N–H and O–H groups in total. The summed E-state index contributed by atoms with van der Waals surface area (Å²) in [6.07, 6.45) is 0.0568. The summed E-state index contributed by atoms with van der Waals surface area (Å²) in [5, 5.41) is 12.0. The number of hydrogen-bond donors (Lipinski definition) is 2. The van der Waals surface area contributed by atoms with E-state index in [1.807, 2.05) is 78.9 Å². The van der Waals surface area contributed by atoms with E-state index in [9.17, 15) is 24.3 Å². The van der Waals surface area contributed by atoms with Crippen molar-refractivity contribution in [3.63, 3.8) is 0 Å². The summed E-state index contributed by atoms with van der Waals surface area (Å²) in [7, 11) is 0. The van der Waals surface area contributed by atoms with Crippen LogP contribution in [0.5, 0.6) is 0 Å². The van der Waals surface area contributed by atoms with E-state index in [0.29, 0.717) is 27.9 Å². The zero-order valence-corrected chi connectivity index (χ0v) is 24.0. The lowest BCUT2D eigenvalue weighted by Crippen LogP contribution is -2.57. The van der Waals surface area contributed by atoms with Crippen LogP contribution < -0.4 is 5.32 Å². The van der Waals surface area contributed by atoms with Crippen LogP contribution in [0.4, 0.5) is 5.69 Å². The Morgan fingerprint density at radius 2 is 1.16 bits per heavy atom. The monoisotopic (exact) mass is 610 g/mol. The first-order chi connectivity index (χ1) is 20.7. The van der Waals surface area contributed by atoms with Crippen molar-refractivity contribution in [3.8, 4) is 0 Å². The fourth-order valence-corrected chi connectivity index (χ4v) is 8.15. The van der Waals surface area contributed by atoms with Crippen LogP contribution in [-0.2, 0) is 30.6 Å². The summed E-state index contributed by atoms with van der Waals surface area (Å²) in [5.74, 6) is -4.89. The van der Waals surface area contributed by atoms with Crippen molar-refractivity contribution in [2.75, 3.05) is 5.32 Å². The normalized spacial score (nSPS) is 25.5. The average Bonchev–Trinajstić information content (AvgIpc) is 3.30. The van der Waals surface area contributed by atoms with Crippen LogP contribution in [0.1, 0.15) is 38.2 Å². The van der Waals surface area contributed by atoms with Gasteiger partial charge in [0.1, 0.15) is 15.8 Å². The second-order valence-electron chi connectivity index (χ2n) is 11.1. The molecular weight excluding hydrogens is 587 g/mol. The second-order valence-corrected chi connectivity index (χ2v) is 12.3. The minimum Gasteiger partial charge on any atom is -0.478 e. The van der Waals surface area contributed by atoms with Gasteiger partial charge in [-0.15, -0.1) is 23.2 Å². The van der Waals surface area contributed by atoms with Gasteiger partial charge in [-0.2, -0.15) is 0 Å². The number of carbonyl (C=O) groups is 4. The first-order valence-electron chi connectivity index (χ1n) is 13.8. The summed E-state index contributed by atoms with van der Waals surface area (Å²) in [4.78, 5) is 52.6. The molecule has 4 aliphatic rings. The van der Waals surface area contributed by atoms with E-state index in [1.54, 1.807) is 0 Å². The topological polar surface area (TPSA) is 104 Å². The van der Waals surface area contributed by atoms with Crippen LogP contribution >= 0.6 is 23.2 Å². The highest BCUT2D eigenvalue weighted by molar-refractivity contribution is 6.36. The molecule has 4 aromatic carbocycles. The SMILES string of the molecule is O=C(O)c1ccc(NC(=O)[C@H](Cc2ccccc2)N2C(=O)[C@@H]3[C@H](C2=O)C2(Cl)c4ccccc4C3(Cl)c3ccccc32)cc1. The molecule has 3 atom stereocenters. The smallest absolute Gasteiger partial charge is 0.335 e. The van der Waals surface area contributed by atoms with Crippen molar-refractivity contribution in [3.05, 3.63) is 137 Å². The molecule has 1 heterocycles. The molecule has 0 radical (unpaired) electrons. The zero-order valence-electron chi connectivity index (χ0n) is 22.5. The van der Waals surface area contributed by atoms with Crippen LogP contribution in [0.25, 0.3) is 0 Å². The van der Waals surface area contributed by atoms with Gasteiger partial charge >= 0.3 is 5.97 Å². The van der Waals surface area contributed by atoms with Gasteiger partial charge in [0.05, 0.1) is 17.4 Å². The third-order valence-corrected chi connectivity index (χ3v) is 10.2. The lowest BCUT2D eigenvalue weighted by Gasteiger charge is -2.54. The Balaban J connectivity index is 1.33. The van der Waals surface area contributed by atoms with E-state index < -0.39 is 51.3 Å². The third-order valence-electron chi connectivity index (χ3n) is 8.91. The van der Waals surface area contributed by atoms with Crippen LogP contribution in [0.3, 0.4) is 0 Å². The minimum atomic E-state index is -1.36. The van der Waals surface area contributed by atoms with Gasteiger partial charge in [-0.25, -0.2) is 4.79 Å². The summed E-state index contributed by atoms with van der Waals surface area (Å²) < 4.78 is 0. The van der Waals surface area contributed by atoms with Crippen molar-refractivity contribution in [2.24, 2.45) is 11.8 Å². The van der Waals surface area contributed by atoms with E-state index in [4.69, 9.17) is 23.2 Å². The fourth-order valence-electron chi connectivity index (χ4n) is 7.06. The molecule has 1 saturated heterocycles. The highest BCUT2D eigenvalue weighted by atomic mass is 35.5. The molecule has 214 valence electrons. The molecule has 0 unspecified atom stereocenters. The molecule has 1 fully saturated rings. The number of carbonyl (C=O) groups excluding carboxylic acids is 3. The Morgan fingerprint density at radius 1 is 0.721 bits per heavy atom. The molecule has 1 aliphatic heterocycles. The number of halogens is 2. The number of rotatable bonds is 6. The lowest BCUT2D eigenvalue weighted by atomic mass is 9.54. The van der Waals surface area contributed by atoms with Gasteiger partial charge in [0.2, 0.25) is 17.7 Å². The largest absolute Gasteiger partial charge is 0.478 e. The number of imide groups is 1. The molecule has 2 bridgehead atoms. The van der Waals surface area contributed by atoms with Crippen molar-refractivity contribution >= 4 is 52.6 Å². The number of anilines is 1. The molecule has 3 aliphatic carbocycles. The Labute approximate surface area is 257 Å². The zero-order chi connectivity index (χ0) is 30.1. The Morgan fingerprint density at radius 3 is 1.60 bits per heavy atom. The third kappa shape index (κ3) is 3.81. The quantitative estimate of drug-likeness (QED) is 0.221. The molecule has 0 aromatic heterocycles. The maximum atomic E-state index is 14.5. The van der Waals surface area contributed by atoms with Gasteiger partial charge in [0, 0.05) is 12.1 Å². The summed E-state index contributed by atoms with van der Waals surface area (Å²) >= 11 is 15.1. The molecule has 9 heteroatoms. The number of benzene rings is 4. The highest BCUT2D eigenvalue weighted by Crippen LogP contribution is 2.69. The van der Waals surface area contributed by atoms with E-state index in [2.05, 4.69) is 5.32 Å². The first-order valence-corrected chi connectivity index (χ1v) is 14.6. The summed E-state index contributed by atoms with van der Waals surface area (Å²) in [6, 6.07) is 28.3. The molecule has 0 spiro atoms. The standard InChI is InChI=1S/C34H24Cl2N2O5/c35-33-22-10-4-5-11-23(22)34(36,25-13-7-6-12-24(25)33)28-27(33)30(40)38(31(28)41)26(18-19-8-2-1-3-9-19)29(39)37-21-16-14-20(15-17-21)32(42)43/h1-17,26-28H,18H2,(H,37,39)(H,42,43)/t26-,27-,28+,33?,34?/m0/s1. The van der Waals surface area contributed by atoms with Crippen molar-refractivity contribution in [2.45, 2.75) is 22.2 Å². The molecule has 4 aromatic rings. The molecule has 43 heavy (non-hydrogen) atoms. The van der Waals surface area contributed by atoms with Crippen LogP contribution in [0.15, 0.2) is 103 Å². The molecule has 8 rings (SSSR count). The highest BCUT2D eigenvalue weighted by Gasteiger charge is 2.73. The minimum absolute atomic E-state index is 0.0568. The van der Waals surface area contributed by atoms with Crippen molar-refractivity contribution < 1.29 is 24.3 Å². The number of alkyl halides is 2. The van der Waals surface area contributed by atoms with Gasteiger partial charge < -0.3 is 10.4 Å². The van der Waals surface area contributed by atoms with E-state index >= 15 is 0 Å². The second kappa shape index (κ2) is 9.79. The number of hydrogen-bond acceptors (Lipinski definition) is 4. The first kappa shape index (κ1) is 27.4. The number of nitrogens with one attached hydrogen (secondary N) is 1. The van der Waals surface area contributed by atoms with Gasteiger partial charge in [-0.1, -0.05) is 78.9 Å². The fraction of sp³-hybridized carbons (Fsp3) is 0.176. The maximum Gasteiger partial charge on any atom is 0.335 e. The molecule has 3 amide bonds. The Kier molecular flexibility index (Phi) is 6.24. The van der Waals surface area contributed by atoms with Crippen molar-refractivity contribution in [1.82, 2.24) is 4.90 Å². The van der Waals surface area contributed by atoms with E-state index in [0.717, 1.165) is 10.5 Å². The Hall–Kier alpha value is -4.46. The molecule has 7 nitrogen and oxygen atoms in total. The van der Waals surface area contributed by atoms with Crippen LogP contribution in [0, 0.1) is 11.8 Å². The average molecular weight is 611 g/mol. The van der Waals surface area contributed by atoms with Crippen molar-refractivity contribution in [1.29, 1.82) is 0 Å². The molecule has 0 saturated carbocycles. The number of nitrogens with zero attached hydrogens (tertiary/aromatic N) is 1. The van der Waals surface area contributed by atoms with Crippen LogP contribution in [-0.4, -0.2) is 39.7 Å². The van der Waals surface area contributed by atoms with E-state index in [-0.39, 0.29) is 12.0 Å². The number of carboxylic acid groups (broad SMARTS) is 1. The summed E-state index contributed by atoms with van der Waals surface area (Å²) in [5.41, 5.74) is 3.84. The van der Waals surface area contributed by atoms with Gasteiger partial charge in [0.15, 0.2) is 0 Å². The predicted octanol–water partition coefficient (Wildman–Crippen LogP) is 5.53. The Bertz CT molecular complexity index is 1700. The predicted molar refractivity (Wildman–Crippen MR) is 161 cm³/mol. The number of aromatic carboxylic acids is 1. The van der Waals surface area contributed by atoms with Gasteiger partial charge in [0.25, 0.3) is 0 Å². The number of likely N-dealkylation sites (tertiary alicyclic amines) is 1. The van der Waals surface area contributed by atoms with Gasteiger partial charge in [-0.3, -0.25) is 19.3 Å². The number of carboxylic acids is 1. The number of amides is 3. The van der Waals surface area contributed by atoms with Gasteiger partial charge in [-0.05, 0) is 52.1 Å². The maximum absolute atomic E-state index is 14.5. The van der Waals surface area contributed by atoms with E-state index in [1.165, 1.54) is 24.3 Å². The van der Waals surface area contributed by atoms with Crippen LogP contribution in [0.2, 0.25) is 0 Å². The lowest BCUT2D eigenvalue weighted by molar-refractivity contribution is -0.146.